The molecule has 0 saturated carbocycles. The second-order valence-electron chi connectivity index (χ2n) is 1.86. The van der Waals surface area contributed by atoms with Crippen molar-refractivity contribution in [1.29, 1.82) is 0 Å². The third kappa shape index (κ3) is 1.37. The van der Waals surface area contributed by atoms with Gasteiger partial charge in [-0.15, -0.1) is 0 Å². The minimum absolute atomic E-state index is 0.931. The molecule has 0 unspecified atom stereocenters. The minimum Gasteiger partial charge on any atom is -0.259 e. The molecule has 0 saturated heterocycles. The van der Waals surface area contributed by atoms with Crippen LogP contribution in [0.5, 0.6) is 0 Å². The summed E-state index contributed by atoms with van der Waals surface area (Å²) in [5, 5.41) is 0. The zero-order chi connectivity index (χ0) is 6.69. The Kier molecular flexibility index (Phi) is 1.61. The lowest BCUT2D eigenvalue weighted by molar-refractivity contribution is 1.17. The van der Waals surface area contributed by atoms with E-state index in [9.17, 15) is 0 Å². The Labute approximate surface area is 54.3 Å². The van der Waals surface area contributed by atoms with Crippen molar-refractivity contribution < 1.29 is 0 Å². The van der Waals surface area contributed by atoms with Gasteiger partial charge in [0.15, 0.2) is 0 Å². The summed E-state index contributed by atoms with van der Waals surface area (Å²) < 4.78 is 0. The number of allylic oxidation sites excluding steroid dienone is 3. The van der Waals surface area contributed by atoms with E-state index in [1.165, 1.54) is 0 Å². The van der Waals surface area contributed by atoms with Crippen molar-refractivity contribution in [2.45, 2.75) is 13.8 Å². The third-order valence-electron chi connectivity index (χ3n) is 1.17. The van der Waals surface area contributed by atoms with Crippen LogP contribution in [0.3, 0.4) is 0 Å². The van der Waals surface area contributed by atoms with Crippen molar-refractivity contribution in [3.8, 4) is 0 Å². The van der Waals surface area contributed by atoms with E-state index in [1.807, 2.05) is 13.8 Å². The van der Waals surface area contributed by atoms with E-state index >= 15 is 0 Å². The van der Waals surface area contributed by atoms with E-state index in [0.29, 0.717) is 0 Å². The largest absolute Gasteiger partial charge is 0.259 e. The number of hydrogen-bond acceptors (Lipinski definition) is 2. The topological polar surface area (TPSA) is 24.7 Å². The van der Waals surface area contributed by atoms with Gasteiger partial charge >= 0.3 is 0 Å². The third-order valence-corrected chi connectivity index (χ3v) is 1.17. The smallest absolute Gasteiger partial charge is 0.0684 e. The van der Waals surface area contributed by atoms with Gasteiger partial charge in [0, 0.05) is 12.3 Å². The molecule has 9 heavy (non-hydrogen) atoms. The average molecular weight is 120 g/mol. The standard InChI is InChI=1S/C7H8N2/c1-6-7(2)9-5-3-4-8-6/h3-4H,1-2H3. The van der Waals surface area contributed by atoms with Crippen LogP contribution < -0.4 is 0 Å². The van der Waals surface area contributed by atoms with Crippen molar-refractivity contribution >= 4 is 12.1 Å². The monoisotopic (exact) mass is 120 g/mol. The Bertz CT molecular complexity index is 227. The summed E-state index contributed by atoms with van der Waals surface area (Å²) in [5.74, 6) is 2.72. The maximum atomic E-state index is 4.05. The first-order chi connectivity index (χ1) is 4.30. The first-order valence-electron chi connectivity index (χ1n) is 2.80. The summed E-state index contributed by atoms with van der Waals surface area (Å²) in [5.41, 5.74) is 1.89. The first kappa shape index (κ1) is 5.99. The number of rotatable bonds is 0. The normalized spacial score (nSPS) is 16.7. The number of nitrogens with zero attached hydrogens (tertiary/aromatic N) is 2. The van der Waals surface area contributed by atoms with Crippen molar-refractivity contribution in [2.24, 2.45) is 9.98 Å². The van der Waals surface area contributed by atoms with Gasteiger partial charge in [-0.1, -0.05) is 0 Å². The molecule has 1 heterocycles. The quantitative estimate of drug-likeness (QED) is 0.463. The summed E-state index contributed by atoms with van der Waals surface area (Å²) in [7, 11) is 0. The zero-order valence-electron chi connectivity index (χ0n) is 5.55. The second kappa shape index (κ2) is 2.42. The van der Waals surface area contributed by atoms with E-state index in [4.69, 9.17) is 0 Å². The predicted octanol–water partition coefficient (Wildman–Crippen LogP) is 1.55. The van der Waals surface area contributed by atoms with Gasteiger partial charge in [-0.2, -0.15) is 0 Å². The molecule has 0 atom stereocenters. The van der Waals surface area contributed by atoms with Crippen molar-refractivity contribution in [2.75, 3.05) is 0 Å². The van der Waals surface area contributed by atoms with Gasteiger partial charge in [0.25, 0.3) is 0 Å². The lowest BCUT2D eigenvalue weighted by Gasteiger charge is -1.89. The Morgan fingerprint density at radius 3 is 2.89 bits per heavy atom. The fraction of sp³-hybridized carbons (Fsp3) is 0.286. The molecule has 0 aliphatic carbocycles. The molecular weight excluding hydrogens is 112 g/mol. The fourth-order valence-corrected chi connectivity index (χ4v) is 0.491. The molecule has 0 aromatic rings. The molecule has 0 spiro atoms. The second-order valence-corrected chi connectivity index (χ2v) is 1.86. The summed E-state index contributed by atoms with van der Waals surface area (Å²) in [6, 6.07) is 0. The molecule has 0 radical (unpaired) electrons. The summed E-state index contributed by atoms with van der Waals surface area (Å²) in [6.45, 7) is 3.84. The van der Waals surface area contributed by atoms with Crippen molar-refractivity contribution in [3.05, 3.63) is 17.5 Å². The number of aliphatic imine (C=N–C) groups is 2. The van der Waals surface area contributed by atoms with E-state index in [-0.39, 0.29) is 0 Å². The maximum absolute atomic E-state index is 4.05. The van der Waals surface area contributed by atoms with Gasteiger partial charge in [-0.05, 0) is 19.7 Å². The van der Waals surface area contributed by atoms with Crippen molar-refractivity contribution in [1.82, 2.24) is 0 Å². The lowest BCUT2D eigenvalue weighted by Crippen LogP contribution is -1.73. The van der Waals surface area contributed by atoms with Crippen LogP contribution in [0.4, 0.5) is 0 Å². The lowest BCUT2D eigenvalue weighted by atomic mass is 10.4. The highest BCUT2D eigenvalue weighted by molar-refractivity contribution is 5.84. The Balaban J connectivity index is 3.06. The molecule has 2 nitrogen and oxygen atoms in total. The minimum atomic E-state index is 0.931. The molecule has 0 fully saturated rings. The van der Waals surface area contributed by atoms with E-state index in [1.54, 1.807) is 12.3 Å². The molecule has 46 valence electrons. The Hall–Kier alpha value is -1.14. The van der Waals surface area contributed by atoms with Crippen LogP contribution in [0.2, 0.25) is 0 Å². The van der Waals surface area contributed by atoms with Crippen LogP contribution in [0.15, 0.2) is 27.5 Å². The summed E-state index contributed by atoms with van der Waals surface area (Å²) in [6.07, 6.45) is 3.38. The van der Waals surface area contributed by atoms with Gasteiger partial charge in [0.05, 0.1) is 11.4 Å². The molecular formula is C7H8N2. The Morgan fingerprint density at radius 2 is 2.11 bits per heavy atom. The molecule has 1 aliphatic rings. The van der Waals surface area contributed by atoms with Crippen LogP contribution in [-0.2, 0) is 0 Å². The fourth-order valence-electron chi connectivity index (χ4n) is 0.491. The van der Waals surface area contributed by atoms with E-state index in [2.05, 4.69) is 15.9 Å². The van der Waals surface area contributed by atoms with Crippen LogP contribution in [0.25, 0.3) is 0 Å². The molecule has 0 N–H and O–H groups in total. The van der Waals surface area contributed by atoms with Crippen LogP contribution in [0, 0.1) is 0 Å². The highest BCUT2D eigenvalue weighted by Crippen LogP contribution is 2.05. The molecule has 0 amide bonds. The van der Waals surface area contributed by atoms with E-state index < -0.39 is 0 Å². The molecule has 0 aromatic carbocycles. The zero-order valence-corrected chi connectivity index (χ0v) is 5.55. The maximum Gasteiger partial charge on any atom is 0.0684 e. The average Bonchev–Trinajstić information content (AvgIpc) is 1.99. The highest BCUT2D eigenvalue weighted by Gasteiger charge is 1.90. The van der Waals surface area contributed by atoms with Gasteiger partial charge in [0.2, 0.25) is 0 Å². The molecule has 0 aromatic heterocycles. The van der Waals surface area contributed by atoms with Gasteiger partial charge < -0.3 is 0 Å². The SMILES string of the molecule is CC1=C(C)N=CC=C=N1. The van der Waals surface area contributed by atoms with Gasteiger partial charge in [0.1, 0.15) is 0 Å². The molecule has 1 aliphatic heterocycles. The van der Waals surface area contributed by atoms with Crippen LogP contribution >= 0.6 is 0 Å². The molecule has 0 bridgehead atoms. The van der Waals surface area contributed by atoms with Gasteiger partial charge in [-0.25, -0.2) is 4.99 Å². The summed E-state index contributed by atoms with van der Waals surface area (Å²) in [4.78, 5) is 8.00. The summed E-state index contributed by atoms with van der Waals surface area (Å²) >= 11 is 0. The predicted molar refractivity (Wildman–Crippen MR) is 38.9 cm³/mol. The van der Waals surface area contributed by atoms with E-state index in [0.717, 1.165) is 11.4 Å². The van der Waals surface area contributed by atoms with Crippen molar-refractivity contribution in [3.63, 3.8) is 0 Å². The first-order valence-corrected chi connectivity index (χ1v) is 2.80. The van der Waals surface area contributed by atoms with Crippen LogP contribution in [-0.4, -0.2) is 12.1 Å². The number of hydrogen-bond donors (Lipinski definition) is 0. The molecule has 2 heteroatoms. The highest BCUT2D eigenvalue weighted by atomic mass is 14.8. The van der Waals surface area contributed by atoms with Gasteiger partial charge in [-0.3, -0.25) is 4.99 Å². The molecule has 1 rings (SSSR count). The van der Waals surface area contributed by atoms with Crippen LogP contribution in [0.1, 0.15) is 13.8 Å². The Morgan fingerprint density at radius 1 is 1.33 bits per heavy atom.